The van der Waals surface area contributed by atoms with Gasteiger partial charge < -0.3 is 21.9 Å². The predicted molar refractivity (Wildman–Crippen MR) is 60.9 cm³/mol. The molecule has 0 fully saturated rings. The smallest absolute Gasteiger partial charge is 0.303 e. The summed E-state index contributed by atoms with van der Waals surface area (Å²) in [5.41, 5.74) is 10.6. The molecule has 2 amide bonds. The Morgan fingerprint density at radius 2 is 1.88 bits per heavy atom. The summed E-state index contributed by atoms with van der Waals surface area (Å²) in [5.74, 6) is -2.19. The van der Waals surface area contributed by atoms with Gasteiger partial charge in [0, 0.05) is 6.42 Å². The first kappa shape index (κ1) is 15.4. The highest BCUT2D eigenvalue weighted by Gasteiger charge is 2.21. The molecule has 7 heteroatoms. The third kappa shape index (κ3) is 6.52. The molecule has 0 rings (SSSR count). The largest absolute Gasteiger partial charge is 0.481 e. The highest BCUT2D eigenvalue weighted by atomic mass is 16.4. The summed E-state index contributed by atoms with van der Waals surface area (Å²) in [6, 6.07) is -1.69. The molecular formula is C10H19N3O4. The number of carbonyl (C=O) groups excluding carboxylic acids is 2. The van der Waals surface area contributed by atoms with E-state index in [0.29, 0.717) is 12.8 Å². The first-order chi connectivity index (χ1) is 7.88. The van der Waals surface area contributed by atoms with Crippen LogP contribution in [0.2, 0.25) is 0 Å². The van der Waals surface area contributed by atoms with Gasteiger partial charge >= 0.3 is 5.97 Å². The Bertz CT molecular complexity index is 293. The topological polar surface area (TPSA) is 136 Å². The second kappa shape index (κ2) is 7.61. The van der Waals surface area contributed by atoms with Crippen molar-refractivity contribution < 1.29 is 19.5 Å². The van der Waals surface area contributed by atoms with E-state index < -0.39 is 29.9 Å². The summed E-state index contributed by atoms with van der Waals surface area (Å²) in [7, 11) is 0. The van der Waals surface area contributed by atoms with Crippen LogP contribution in [0.25, 0.3) is 0 Å². The highest BCUT2D eigenvalue weighted by molar-refractivity contribution is 5.89. The first-order valence-electron chi connectivity index (χ1n) is 5.45. The Kier molecular flexibility index (Phi) is 6.88. The lowest BCUT2D eigenvalue weighted by atomic mass is 10.1. The maximum Gasteiger partial charge on any atom is 0.303 e. The Morgan fingerprint density at radius 3 is 2.29 bits per heavy atom. The molecule has 0 saturated heterocycles. The van der Waals surface area contributed by atoms with Gasteiger partial charge in [-0.3, -0.25) is 14.4 Å². The molecule has 0 aliphatic carbocycles. The lowest BCUT2D eigenvalue weighted by Crippen LogP contribution is -2.50. The molecule has 0 aromatic carbocycles. The van der Waals surface area contributed by atoms with Crippen LogP contribution in [-0.4, -0.2) is 35.0 Å². The number of carbonyl (C=O) groups is 3. The van der Waals surface area contributed by atoms with Crippen molar-refractivity contribution in [3.05, 3.63) is 0 Å². The zero-order valence-corrected chi connectivity index (χ0v) is 9.81. The maximum atomic E-state index is 11.5. The van der Waals surface area contributed by atoms with Gasteiger partial charge in [-0.15, -0.1) is 0 Å². The molecule has 17 heavy (non-hydrogen) atoms. The molecule has 0 aliphatic heterocycles. The van der Waals surface area contributed by atoms with Crippen LogP contribution in [-0.2, 0) is 14.4 Å². The minimum absolute atomic E-state index is 0.0266. The molecule has 98 valence electrons. The fourth-order valence-corrected chi connectivity index (χ4v) is 1.26. The van der Waals surface area contributed by atoms with Crippen LogP contribution < -0.4 is 16.8 Å². The highest BCUT2D eigenvalue weighted by Crippen LogP contribution is 1.99. The zero-order valence-electron chi connectivity index (χ0n) is 9.81. The summed E-state index contributed by atoms with van der Waals surface area (Å²) in [6.07, 6.45) is 0.966. The van der Waals surface area contributed by atoms with Crippen LogP contribution in [0.4, 0.5) is 0 Å². The van der Waals surface area contributed by atoms with Crippen molar-refractivity contribution in [2.45, 2.75) is 44.7 Å². The minimum Gasteiger partial charge on any atom is -0.481 e. The van der Waals surface area contributed by atoms with Crippen LogP contribution in [0, 0.1) is 0 Å². The van der Waals surface area contributed by atoms with E-state index in [4.69, 9.17) is 16.6 Å². The molecule has 0 aromatic heterocycles. The number of nitrogens with two attached hydrogens (primary N) is 2. The standard InChI is InChI=1S/C10H19N3O4/c1-2-3-7(9(12)16)13-10(17)6(11)4-5-8(14)15/h6-7H,2-5,11H2,1H3,(H2,12,16)(H,13,17)(H,14,15). The second-order valence-electron chi connectivity index (χ2n) is 3.79. The van der Waals surface area contributed by atoms with E-state index in [1.807, 2.05) is 6.92 Å². The second-order valence-corrected chi connectivity index (χ2v) is 3.79. The lowest BCUT2D eigenvalue weighted by Gasteiger charge is -2.17. The van der Waals surface area contributed by atoms with Crippen molar-refractivity contribution in [2.75, 3.05) is 0 Å². The summed E-state index contributed by atoms with van der Waals surface area (Å²) < 4.78 is 0. The number of amides is 2. The number of rotatable bonds is 8. The van der Waals surface area contributed by atoms with Gasteiger partial charge in [0.2, 0.25) is 11.8 Å². The SMILES string of the molecule is CCCC(NC(=O)C(N)CCC(=O)O)C(N)=O. The van der Waals surface area contributed by atoms with Crippen molar-refractivity contribution in [1.82, 2.24) is 5.32 Å². The van der Waals surface area contributed by atoms with E-state index in [2.05, 4.69) is 5.32 Å². The van der Waals surface area contributed by atoms with Crippen molar-refractivity contribution in [3.8, 4) is 0 Å². The van der Waals surface area contributed by atoms with E-state index in [1.165, 1.54) is 0 Å². The average molecular weight is 245 g/mol. The van der Waals surface area contributed by atoms with Gasteiger partial charge in [-0.2, -0.15) is 0 Å². The van der Waals surface area contributed by atoms with E-state index in [1.54, 1.807) is 0 Å². The van der Waals surface area contributed by atoms with Crippen LogP contribution in [0.15, 0.2) is 0 Å². The summed E-state index contributed by atoms with van der Waals surface area (Å²) >= 11 is 0. The fourth-order valence-electron chi connectivity index (χ4n) is 1.26. The van der Waals surface area contributed by atoms with E-state index in [9.17, 15) is 14.4 Å². The number of hydrogen-bond donors (Lipinski definition) is 4. The molecule has 6 N–H and O–H groups in total. The molecule has 2 atom stereocenters. The van der Waals surface area contributed by atoms with Crippen molar-refractivity contribution in [1.29, 1.82) is 0 Å². The van der Waals surface area contributed by atoms with E-state index in [0.717, 1.165) is 0 Å². The quantitative estimate of drug-likeness (QED) is 0.432. The molecule has 0 radical (unpaired) electrons. The zero-order chi connectivity index (χ0) is 13.4. The van der Waals surface area contributed by atoms with Gasteiger partial charge in [0.25, 0.3) is 0 Å². The Balaban J connectivity index is 4.20. The van der Waals surface area contributed by atoms with Crippen molar-refractivity contribution in [2.24, 2.45) is 11.5 Å². The van der Waals surface area contributed by atoms with Gasteiger partial charge in [-0.25, -0.2) is 0 Å². The van der Waals surface area contributed by atoms with Gasteiger partial charge in [-0.05, 0) is 12.8 Å². The molecule has 0 saturated carbocycles. The van der Waals surface area contributed by atoms with Crippen molar-refractivity contribution >= 4 is 17.8 Å². The Labute approximate surface area is 99.5 Å². The van der Waals surface area contributed by atoms with Gasteiger partial charge in [0.1, 0.15) is 6.04 Å². The number of carboxylic acid groups (broad SMARTS) is 1. The minimum atomic E-state index is -1.02. The first-order valence-corrected chi connectivity index (χ1v) is 5.45. The van der Waals surface area contributed by atoms with E-state index >= 15 is 0 Å². The Hall–Kier alpha value is -1.63. The molecule has 7 nitrogen and oxygen atoms in total. The number of primary amides is 1. The molecule has 0 spiro atoms. The van der Waals surface area contributed by atoms with Gasteiger partial charge in [-0.1, -0.05) is 13.3 Å². The van der Waals surface area contributed by atoms with Crippen molar-refractivity contribution in [3.63, 3.8) is 0 Å². The molecule has 0 heterocycles. The van der Waals surface area contributed by atoms with Crippen LogP contribution in [0.5, 0.6) is 0 Å². The third-order valence-electron chi connectivity index (χ3n) is 2.24. The summed E-state index contributed by atoms with van der Waals surface area (Å²) in [5, 5.41) is 10.8. The summed E-state index contributed by atoms with van der Waals surface area (Å²) in [6.45, 7) is 1.85. The average Bonchev–Trinajstić information content (AvgIpc) is 2.24. The normalized spacial score (nSPS) is 13.8. The van der Waals surface area contributed by atoms with Crippen LogP contribution >= 0.6 is 0 Å². The monoisotopic (exact) mass is 245 g/mol. The molecule has 0 aromatic rings. The Morgan fingerprint density at radius 1 is 1.29 bits per heavy atom. The van der Waals surface area contributed by atoms with Crippen LogP contribution in [0.3, 0.4) is 0 Å². The number of hydrogen-bond acceptors (Lipinski definition) is 4. The summed E-state index contributed by atoms with van der Waals surface area (Å²) in [4.78, 5) is 32.8. The number of carboxylic acids is 1. The predicted octanol–water partition coefficient (Wildman–Crippen LogP) is -1.05. The maximum absolute atomic E-state index is 11.5. The number of aliphatic carboxylic acids is 1. The molecular weight excluding hydrogens is 226 g/mol. The third-order valence-corrected chi connectivity index (χ3v) is 2.24. The van der Waals surface area contributed by atoms with E-state index in [-0.39, 0.29) is 12.8 Å². The molecule has 0 bridgehead atoms. The van der Waals surface area contributed by atoms with Gasteiger partial charge in [0.15, 0.2) is 0 Å². The van der Waals surface area contributed by atoms with Gasteiger partial charge in [0.05, 0.1) is 6.04 Å². The fraction of sp³-hybridized carbons (Fsp3) is 0.700. The van der Waals surface area contributed by atoms with Crippen LogP contribution in [0.1, 0.15) is 32.6 Å². The lowest BCUT2D eigenvalue weighted by molar-refractivity contribution is -0.137. The molecule has 2 unspecified atom stereocenters. The molecule has 0 aliphatic rings. The number of nitrogens with one attached hydrogen (secondary N) is 1.